The maximum absolute atomic E-state index is 13.8. The average Bonchev–Trinajstić information content (AvgIpc) is 4.03. The molecule has 3 aliphatic rings. The lowest BCUT2D eigenvalue weighted by atomic mass is 9.70. The number of hydrogen-bond acceptors (Lipinski definition) is 10. The topological polar surface area (TPSA) is 96.2 Å². The van der Waals surface area contributed by atoms with Crippen molar-refractivity contribution in [1.82, 2.24) is 0 Å². The van der Waals surface area contributed by atoms with Crippen molar-refractivity contribution in [3.8, 4) is 0 Å². The first-order valence-corrected chi connectivity index (χ1v) is 21.3. The zero-order valence-corrected chi connectivity index (χ0v) is 31.7. The number of carbonyl (C=O) groups is 1. The van der Waals surface area contributed by atoms with Crippen LogP contribution in [0.15, 0.2) is 104 Å². The van der Waals surface area contributed by atoms with Crippen molar-refractivity contribution in [3.63, 3.8) is 0 Å². The van der Waals surface area contributed by atoms with E-state index in [2.05, 4.69) is 6.08 Å². The highest BCUT2D eigenvalue weighted by Crippen LogP contribution is 2.60. The first kappa shape index (κ1) is 31.4. The Bertz CT molecular complexity index is 3340. The van der Waals surface area contributed by atoms with E-state index in [-0.39, 0.29) is 33.1 Å². The molecule has 1 fully saturated rings. The Morgan fingerprint density at radius 3 is 1.98 bits per heavy atom. The molecule has 10 heteroatoms. The van der Waals surface area contributed by atoms with Gasteiger partial charge in [-0.05, 0) is 76.4 Å². The maximum Gasteiger partial charge on any atom is 0.216 e. The van der Waals surface area contributed by atoms with E-state index in [1.165, 1.54) is 29.2 Å². The number of fused-ring (bicyclic) bond motifs is 12. The van der Waals surface area contributed by atoms with Gasteiger partial charge in [-0.15, -0.1) is 45.3 Å². The van der Waals surface area contributed by atoms with Crippen LogP contribution in [0.25, 0.3) is 66.6 Å². The highest BCUT2D eigenvalue weighted by molar-refractivity contribution is 7.45. The smallest absolute Gasteiger partial charge is 0.216 e. The van der Waals surface area contributed by atoms with Crippen molar-refractivity contribution in [2.75, 3.05) is 0 Å². The van der Waals surface area contributed by atoms with Gasteiger partial charge in [-0.25, -0.2) is 9.98 Å². The van der Waals surface area contributed by atoms with Gasteiger partial charge in [-0.3, -0.25) is 14.4 Å². The molecule has 0 radical (unpaired) electrons. The molecule has 9 aromatic rings. The van der Waals surface area contributed by atoms with Gasteiger partial charge in [-0.2, -0.15) is 0 Å². The first-order valence-electron chi connectivity index (χ1n) is 18.1. The average molecular weight is 775 g/mol. The number of hydrogen-bond donors (Lipinski definition) is 1. The van der Waals surface area contributed by atoms with Crippen LogP contribution in [0.1, 0.15) is 64.6 Å². The molecular weight excluding hydrogens is 749 g/mol. The number of benzene rings is 4. The maximum atomic E-state index is 13.8. The molecule has 0 bridgehead atoms. The van der Waals surface area contributed by atoms with Crippen LogP contribution in [0.5, 0.6) is 0 Å². The van der Waals surface area contributed by atoms with Gasteiger partial charge in [0.25, 0.3) is 0 Å². The van der Waals surface area contributed by atoms with Crippen LogP contribution in [-0.2, 0) is 5.41 Å². The minimum atomic E-state index is -1.06. The normalized spacial score (nSPS) is 18.8. The van der Waals surface area contributed by atoms with Crippen molar-refractivity contribution in [3.05, 3.63) is 132 Å². The van der Waals surface area contributed by atoms with Crippen LogP contribution in [0, 0.1) is 0 Å². The third-order valence-electron chi connectivity index (χ3n) is 11.8. The molecular formula is C44H26N2O4S4. The fourth-order valence-corrected chi connectivity index (χ4v) is 15.1. The highest BCUT2D eigenvalue weighted by Gasteiger charge is 2.46. The van der Waals surface area contributed by atoms with Crippen molar-refractivity contribution in [2.45, 2.75) is 43.6 Å². The van der Waals surface area contributed by atoms with Crippen molar-refractivity contribution in [1.29, 1.82) is 0 Å². The SMILES string of the molecule is O=C1/C(=N/c2cc3sc4c5sc6c(c5sc4c3s2)C2(CCCCC2)C(N=c2c(=O)c3cc4ccccc4cc3c2=O)=C6)C(O)c2cc3ccccc3cc21. The van der Waals surface area contributed by atoms with Crippen molar-refractivity contribution < 1.29 is 9.90 Å². The van der Waals surface area contributed by atoms with Crippen LogP contribution in [-0.4, -0.2) is 16.6 Å². The summed E-state index contributed by atoms with van der Waals surface area (Å²) in [5.41, 5.74) is 2.56. The number of rotatable bonds is 2. The Morgan fingerprint density at radius 2 is 1.28 bits per heavy atom. The molecule has 0 amide bonds. The van der Waals surface area contributed by atoms with E-state index >= 15 is 0 Å². The lowest BCUT2D eigenvalue weighted by Crippen LogP contribution is -2.35. The molecule has 0 saturated heterocycles. The quantitative estimate of drug-likeness (QED) is 0.189. The van der Waals surface area contributed by atoms with Crippen LogP contribution in [0.4, 0.5) is 5.00 Å². The zero-order valence-electron chi connectivity index (χ0n) is 28.4. The molecule has 3 aliphatic carbocycles. The molecule has 1 atom stereocenters. The standard InChI is InChI=1S/C44H26N2O4S4/c47-35-24-14-20-8-2-3-9-21(20)15-25(24)36(48)33(35)45-30-18-28-32(44(30)12-6-1-7-13-44)40-42(51-28)43-41(54-40)39-29(52-43)19-31(53-39)46-34-37(49)26-16-22-10-4-5-11-23(22)17-27(26)38(34)50/h2-5,8-11,14-19,37,49H,1,6-7,12-13H2/b46-34+. The Morgan fingerprint density at radius 1 is 0.648 bits per heavy atom. The summed E-state index contributed by atoms with van der Waals surface area (Å²) in [6.45, 7) is 0. The number of Topliss-reactive ketones (excluding diaryl/α,β-unsaturated/α-hetero) is 1. The van der Waals surface area contributed by atoms with E-state index in [0.717, 1.165) is 68.7 Å². The van der Waals surface area contributed by atoms with Crippen LogP contribution < -0.4 is 16.2 Å². The van der Waals surface area contributed by atoms with Gasteiger partial charge in [-0.1, -0.05) is 67.8 Å². The lowest BCUT2D eigenvalue weighted by molar-refractivity contribution is 0.106. The summed E-state index contributed by atoms with van der Waals surface area (Å²) >= 11 is 6.93. The molecule has 54 heavy (non-hydrogen) atoms. The molecule has 4 heterocycles. The van der Waals surface area contributed by atoms with E-state index in [1.54, 1.807) is 34.0 Å². The number of aliphatic hydroxyl groups is 1. The van der Waals surface area contributed by atoms with Crippen molar-refractivity contribution in [2.24, 2.45) is 9.98 Å². The number of thiophene rings is 4. The van der Waals surface area contributed by atoms with Gasteiger partial charge in [0.05, 0.1) is 29.2 Å². The largest absolute Gasteiger partial charge is 0.382 e. The van der Waals surface area contributed by atoms with E-state index in [1.807, 2.05) is 90.2 Å². The molecule has 6 nitrogen and oxygen atoms in total. The molecule has 12 rings (SSSR count). The van der Waals surface area contributed by atoms with Gasteiger partial charge in [0.2, 0.25) is 16.6 Å². The summed E-state index contributed by atoms with van der Waals surface area (Å²) < 4.78 is 7.32. The van der Waals surface area contributed by atoms with E-state index < -0.39 is 6.10 Å². The number of aliphatic hydroxyl groups excluding tert-OH is 1. The van der Waals surface area contributed by atoms with Crippen LogP contribution in [0.3, 0.4) is 0 Å². The number of nitrogens with zero attached hydrogens (tertiary/aromatic N) is 2. The van der Waals surface area contributed by atoms with Gasteiger partial charge >= 0.3 is 0 Å². The van der Waals surface area contributed by atoms with E-state index in [9.17, 15) is 19.5 Å². The molecule has 1 unspecified atom stereocenters. The summed E-state index contributed by atoms with van der Waals surface area (Å²) in [6, 6.07) is 25.2. The molecule has 0 aliphatic heterocycles. The number of allylic oxidation sites excluding steroid dienone is 1. The lowest BCUT2D eigenvalue weighted by Gasteiger charge is -2.35. The fourth-order valence-electron chi connectivity index (χ4n) is 9.20. The van der Waals surface area contributed by atoms with Gasteiger partial charge in [0.1, 0.15) is 16.8 Å². The number of aliphatic imine (C=N–C) groups is 1. The van der Waals surface area contributed by atoms with Crippen LogP contribution >= 0.6 is 45.3 Å². The van der Waals surface area contributed by atoms with Gasteiger partial charge in [0, 0.05) is 36.9 Å². The minimum Gasteiger partial charge on any atom is -0.382 e. The highest BCUT2D eigenvalue weighted by atomic mass is 32.1. The minimum absolute atomic E-state index is 0.0340. The number of carbonyl (C=O) groups excluding carboxylic acids is 1. The Balaban J connectivity index is 0.967. The predicted molar refractivity (Wildman–Crippen MR) is 225 cm³/mol. The Labute approximate surface area is 322 Å². The Kier molecular flexibility index (Phi) is 6.43. The monoisotopic (exact) mass is 774 g/mol. The summed E-state index contributed by atoms with van der Waals surface area (Å²) in [5, 5.41) is 16.7. The second-order valence-electron chi connectivity index (χ2n) is 14.7. The number of ketones is 1. The molecule has 4 aromatic heterocycles. The van der Waals surface area contributed by atoms with E-state index in [4.69, 9.17) is 9.98 Å². The predicted octanol–water partition coefficient (Wildman–Crippen LogP) is 10.6. The van der Waals surface area contributed by atoms with Gasteiger partial charge < -0.3 is 5.11 Å². The van der Waals surface area contributed by atoms with Crippen LogP contribution in [0.2, 0.25) is 0 Å². The first-order chi connectivity index (χ1) is 26.4. The second kappa shape index (κ2) is 11.1. The Hall–Kier alpha value is -4.97. The van der Waals surface area contributed by atoms with E-state index in [0.29, 0.717) is 26.9 Å². The molecule has 1 N–H and O–H groups in total. The van der Waals surface area contributed by atoms with Crippen molar-refractivity contribution >= 4 is 128 Å². The second-order valence-corrected chi connectivity index (χ2v) is 18.8. The third kappa shape index (κ3) is 4.15. The fraction of sp³-hybridized carbons (Fsp3) is 0.159. The summed E-state index contributed by atoms with van der Waals surface area (Å²) in [5.74, 6) is -0.222. The molecule has 1 saturated carbocycles. The third-order valence-corrected chi connectivity index (χ3v) is 17.0. The summed E-state index contributed by atoms with van der Waals surface area (Å²) in [7, 11) is 0. The molecule has 260 valence electrons. The molecule has 1 spiro atoms. The molecule has 5 aromatic carbocycles. The summed E-state index contributed by atoms with van der Waals surface area (Å²) in [6.07, 6.45) is 6.25. The zero-order chi connectivity index (χ0) is 36.0. The van der Waals surface area contributed by atoms with Gasteiger partial charge in [0.15, 0.2) is 5.36 Å². The summed E-state index contributed by atoms with van der Waals surface area (Å²) in [4.78, 5) is 52.1.